The molecule has 1 saturated heterocycles. The van der Waals surface area contributed by atoms with Crippen LogP contribution in [0.4, 0.5) is 0 Å². The summed E-state index contributed by atoms with van der Waals surface area (Å²) in [7, 11) is 0. The maximum Gasteiger partial charge on any atom is 0.310 e. The summed E-state index contributed by atoms with van der Waals surface area (Å²) < 4.78 is 5.19. The van der Waals surface area contributed by atoms with Gasteiger partial charge in [-0.05, 0) is 39.8 Å². The van der Waals surface area contributed by atoms with Crippen molar-refractivity contribution in [3.63, 3.8) is 0 Å². The standard InChI is InChI=1S/C11H21NO2/c1-4-6-12-7-5-10(8-12)11(13)14-9(2)3/h9-10H,4-8H2,1-3H3. The van der Waals surface area contributed by atoms with Crippen molar-refractivity contribution in [2.45, 2.75) is 39.7 Å². The maximum atomic E-state index is 11.6. The fourth-order valence-corrected chi connectivity index (χ4v) is 1.87. The molecule has 0 aromatic carbocycles. The molecule has 1 unspecified atom stereocenters. The molecule has 1 heterocycles. The third-order valence-corrected chi connectivity index (χ3v) is 2.50. The van der Waals surface area contributed by atoms with Crippen molar-refractivity contribution in [1.82, 2.24) is 4.90 Å². The number of likely N-dealkylation sites (tertiary alicyclic amines) is 1. The van der Waals surface area contributed by atoms with E-state index >= 15 is 0 Å². The fraction of sp³-hybridized carbons (Fsp3) is 0.909. The summed E-state index contributed by atoms with van der Waals surface area (Å²) in [5, 5.41) is 0. The summed E-state index contributed by atoms with van der Waals surface area (Å²) in [5.74, 6) is 0.0996. The van der Waals surface area contributed by atoms with E-state index in [2.05, 4.69) is 11.8 Å². The first-order chi connectivity index (χ1) is 6.63. The van der Waals surface area contributed by atoms with Crippen molar-refractivity contribution in [3.8, 4) is 0 Å². The van der Waals surface area contributed by atoms with Gasteiger partial charge < -0.3 is 9.64 Å². The van der Waals surface area contributed by atoms with Crippen LogP contribution < -0.4 is 0 Å². The second-order valence-corrected chi connectivity index (χ2v) is 4.27. The monoisotopic (exact) mass is 199 g/mol. The number of rotatable bonds is 4. The van der Waals surface area contributed by atoms with Crippen LogP contribution >= 0.6 is 0 Å². The van der Waals surface area contributed by atoms with Gasteiger partial charge in [-0.2, -0.15) is 0 Å². The van der Waals surface area contributed by atoms with Gasteiger partial charge in [-0.25, -0.2) is 0 Å². The molecule has 1 rings (SSSR count). The zero-order valence-corrected chi connectivity index (χ0v) is 9.45. The molecule has 1 aliphatic heterocycles. The van der Waals surface area contributed by atoms with Crippen molar-refractivity contribution in [2.75, 3.05) is 19.6 Å². The molecule has 1 aliphatic rings. The van der Waals surface area contributed by atoms with Crippen LogP contribution in [0.1, 0.15) is 33.6 Å². The number of carbonyl (C=O) groups excluding carboxylic acids is 1. The molecule has 0 N–H and O–H groups in total. The van der Waals surface area contributed by atoms with E-state index in [0.29, 0.717) is 0 Å². The lowest BCUT2D eigenvalue weighted by Crippen LogP contribution is -2.26. The first kappa shape index (κ1) is 11.5. The number of hydrogen-bond donors (Lipinski definition) is 0. The van der Waals surface area contributed by atoms with Crippen molar-refractivity contribution in [2.24, 2.45) is 5.92 Å². The number of hydrogen-bond acceptors (Lipinski definition) is 3. The lowest BCUT2D eigenvalue weighted by Gasteiger charge is -2.15. The van der Waals surface area contributed by atoms with Crippen molar-refractivity contribution in [3.05, 3.63) is 0 Å². The number of ether oxygens (including phenoxy) is 1. The van der Waals surface area contributed by atoms with E-state index in [9.17, 15) is 4.79 Å². The van der Waals surface area contributed by atoms with E-state index in [1.807, 2.05) is 13.8 Å². The molecule has 0 saturated carbocycles. The van der Waals surface area contributed by atoms with Gasteiger partial charge in [-0.15, -0.1) is 0 Å². The fourth-order valence-electron chi connectivity index (χ4n) is 1.87. The molecule has 0 aromatic heterocycles. The molecule has 0 aromatic rings. The second-order valence-electron chi connectivity index (χ2n) is 4.27. The van der Waals surface area contributed by atoms with Crippen molar-refractivity contribution >= 4 is 5.97 Å². The van der Waals surface area contributed by atoms with E-state index in [-0.39, 0.29) is 18.0 Å². The molecule has 1 fully saturated rings. The van der Waals surface area contributed by atoms with Crippen LogP contribution in [0.25, 0.3) is 0 Å². The molecule has 0 radical (unpaired) electrons. The van der Waals surface area contributed by atoms with E-state index in [0.717, 1.165) is 32.5 Å². The SMILES string of the molecule is CCCN1CCC(C(=O)OC(C)C)C1. The molecule has 3 heteroatoms. The van der Waals surface area contributed by atoms with Gasteiger partial charge in [-0.3, -0.25) is 4.79 Å². The van der Waals surface area contributed by atoms with E-state index in [1.165, 1.54) is 0 Å². The van der Waals surface area contributed by atoms with Crippen LogP contribution in [0.3, 0.4) is 0 Å². The second kappa shape index (κ2) is 5.35. The normalized spacial score (nSPS) is 23.0. The molecular weight excluding hydrogens is 178 g/mol. The minimum Gasteiger partial charge on any atom is -0.463 e. The molecule has 82 valence electrons. The summed E-state index contributed by atoms with van der Waals surface area (Å²) in [6, 6.07) is 0. The lowest BCUT2D eigenvalue weighted by atomic mass is 10.1. The summed E-state index contributed by atoms with van der Waals surface area (Å²) >= 11 is 0. The van der Waals surface area contributed by atoms with E-state index in [1.54, 1.807) is 0 Å². The van der Waals surface area contributed by atoms with Gasteiger partial charge in [0, 0.05) is 6.54 Å². The lowest BCUT2D eigenvalue weighted by molar-refractivity contribution is -0.151. The summed E-state index contributed by atoms with van der Waals surface area (Å²) in [4.78, 5) is 13.9. The average molecular weight is 199 g/mol. The predicted molar refractivity (Wildman–Crippen MR) is 56.1 cm³/mol. The van der Waals surface area contributed by atoms with Crippen LogP contribution in [0.2, 0.25) is 0 Å². The molecule has 0 spiro atoms. The largest absolute Gasteiger partial charge is 0.463 e. The Morgan fingerprint density at radius 3 is 2.86 bits per heavy atom. The predicted octanol–water partition coefficient (Wildman–Crippen LogP) is 1.67. The number of esters is 1. The van der Waals surface area contributed by atoms with E-state index < -0.39 is 0 Å². The molecular formula is C11H21NO2. The van der Waals surface area contributed by atoms with Gasteiger partial charge in [0.25, 0.3) is 0 Å². The Kier molecular flexibility index (Phi) is 4.39. The minimum absolute atomic E-state index is 0.0152. The zero-order valence-electron chi connectivity index (χ0n) is 9.45. The summed E-state index contributed by atoms with van der Waals surface area (Å²) in [6.45, 7) is 9.00. The summed E-state index contributed by atoms with van der Waals surface area (Å²) in [6.07, 6.45) is 2.14. The Morgan fingerprint density at radius 1 is 1.57 bits per heavy atom. The summed E-state index contributed by atoms with van der Waals surface area (Å²) in [5.41, 5.74) is 0. The smallest absolute Gasteiger partial charge is 0.310 e. The van der Waals surface area contributed by atoms with Gasteiger partial charge in [-0.1, -0.05) is 6.92 Å². The van der Waals surface area contributed by atoms with Gasteiger partial charge in [0.15, 0.2) is 0 Å². The van der Waals surface area contributed by atoms with Crippen LogP contribution in [0, 0.1) is 5.92 Å². The van der Waals surface area contributed by atoms with Gasteiger partial charge in [0.1, 0.15) is 0 Å². The van der Waals surface area contributed by atoms with Crippen LogP contribution in [-0.2, 0) is 9.53 Å². The van der Waals surface area contributed by atoms with E-state index in [4.69, 9.17) is 4.74 Å². The third-order valence-electron chi connectivity index (χ3n) is 2.50. The molecule has 0 amide bonds. The zero-order chi connectivity index (χ0) is 10.6. The molecule has 14 heavy (non-hydrogen) atoms. The van der Waals surface area contributed by atoms with Crippen molar-refractivity contribution in [1.29, 1.82) is 0 Å². The van der Waals surface area contributed by atoms with Gasteiger partial charge in [0.2, 0.25) is 0 Å². The Balaban J connectivity index is 2.30. The van der Waals surface area contributed by atoms with Crippen LogP contribution in [-0.4, -0.2) is 36.6 Å². The quantitative estimate of drug-likeness (QED) is 0.645. The van der Waals surface area contributed by atoms with Crippen LogP contribution in [0.5, 0.6) is 0 Å². The highest BCUT2D eigenvalue weighted by Crippen LogP contribution is 2.18. The van der Waals surface area contributed by atoms with Gasteiger partial charge in [0.05, 0.1) is 12.0 Å². The third kappa shape index (κ3) is 3.29. The molecule has 3 nitrogen and oxygen atoms in total. The molecule has 1 atom stereocenters. The number of nitrogens with zero attached hydrogens (tertiary/aromatic N) is 1. The molecule has 0 bridgehead atoms. The Labute approximate surface area is 86.4 Å². The minimum atomic E-state index is -0.0152. The highest BCUT2D eigenvalue weighted by atomic mass is 16.5. The highest BCUT2D eigenvalue weighted by molar-refractivity contribution is 5.73. The average Bonchev–Trinajstić information content (AvgIpc) is 2.52. The first-order valence-corrected chi connectivity index (χ1v) is 5.56. The highest BCUT2D eigenvalue weighted by Gasteiger charge is 2.29. The Bertz CT molecular complexity index is 192. The first-order valence-electron chi connectivity index (χ1n) is 5.56. The topological polar surface area (TPSA) is 29.5 Å². The molecule has 0 aliphatic carbocycles. The Morgan fingerprint density at radius 2 is 2.29 bits per heavy atom. The maximum absolute atomic E-state index is 11.6. The van der Waals surface area contributed by atoms with Gasteiger partial charge >= 0.3 is 5.97 Å². The Hall–Kier alpha value is -0.570. The van der Waals surface area contributed by atoms with Crippen LogP contribution in [0.15, 0.2) is 0 Å². The van der Waals surface area contributed by atoms with Crippen molar-refractivity contribution < 1.29 is 9.53 Å². The number of carbonyl (C=O) groups is 1.